The van der Waals surface area contributed by atoms with Crippen molar-refractivity contribution in [3.05, 3.63) is 35.9 Å². The Kier molecular flexibility index (Phi) is 9.67. The summed E-state index contributed by atoms with van der Waals surface area (Å²) in [5.74, 6) is -2.16. The van der Waals surface area contributed by atoms with Crippen LogP contribution in [-0.2, 0) is 25.5 Å². The molecule has 0 aliphatic rings. The van der Waals surface area contributed by atoms with Gasteiger partial charge < -0.3 is 20.5 Å². The van der Waals surface area contributed by atoms with Gasteiger partial charge in [0.05, 0.1) is 12.5 Å². The first-order valence-corrected chi connectivity index (χ1v) is 10.1. The van der Waals surface area contributed by atoms with Crippen molar-refractivity contribution in [1.29, 1.82) is 0 Å². The average Bonchev–Trinajstić information content (AvgIpc) is 2.60. The summed E-state index contributed by atoms with van der Waals surface area (Å²) in [4.78, 5) is 47.3. The minimum absolute atomic E-state index is 0.128. The van der Waals surface area contributed by atoms with Crippen LogP contribution in [0.1, 0.15) is 33.3 Å². The number of nitrogens with one attached hydrogen (secondary N) is 2. The number of carbonyl (C=O) groups is 4. The van der Waals surface area contributed by atoms with E-state index >= 15 is 0 Å². The summed E-state index contributed by atoms with van der Waals surface area (Å²) in [6, 6.07) is 7.93. The van der Waals surface area contributed by atoms with Crippen molar-refractivity contribution in [1.82, 2.24) is 10.6 Å². The van der Waals surface area contributed by atoms with Crippen LogP contribution in [0.5, 0.6) is 0 Å². The second-order valence-electron chi connectivity index (χ2n) is 7.47. The molecule has 0 aromatic heterocycles. The fraction of sp³-hybridized carbons (Fsp3) is 0.500. The monoisotopic (exact) mass is 424 g/mol. The van der Waals surface area contributed by atoms with Crippen molar-refractivity contribution < 1.29 is 29.0 Å². The molecule has 0 saturated heterocycles. The van der Waals surface area contributed by atoms with Crippen molar-refractivity contribution in [3.8, 4) is 0 Å². The lowest BCUT2D eigenvalue weighted by molar-refractivity contribution is -0.142. The molecule has 160 valence electrons. The maximum Gasteiger partial charge on any atom is 0.407 e. The molecule has 29 heavy (non-hydrogen) atoms. The van der Waals surface area contributed by atoms with Gasteiger partial charge in [-0.3, -0.25) is 9.59 Å². The lowest BCUT2D eigenvalue weighted by Gasteiger charge is -2.22. The summed E-state index contributed by atoms with van der Waals surface area (Å²) in [6.07, 6.45) is -0.412. The molecule has 9 heteroatoms. The van der Waals surface area contributed by atoms with Gasteiger partial charge in [0.2, 0.25) is 5.91 Å². The Bertz CT molecular complexity index is 717. The lowest BCUT2D eigenvalue weighted by Crippen LogP contribution is -2.51. The third-order valence-electron chi connectivity index (χ3n) is 3.65. The number of thioether (sulfide) groups is 1. The topological polar surface area (TPSA) is 122 Å². The van der Waals surface area contributed by atoms with Gasteiger partial charge in [-0.05, 0) is 32.8 Å². The summed E-state index contributed by atoms with van der Waals surface area (Å²) in [6.45, 7) is 6.14. The molecule has 0 heterocycles. The third kappa shape index (κ3) is 10.5. The van der Waals surface area contributed by atoms with Crippen LogP contribution in [0.2, 0.25) is 0 Å². The first-order valence-electron chi connectivity index (χ1n) is 9.15. The highest BCUT2D eigenvalue weighted by molar-refractivity contribution is 8.13. The van der Waals surface area contributed by atoms with Crippen molar-refractivity contribution in [2.45, 2.75) is 45.8 Å². The zero-order valence-corrected chi connectivity index (χ0v) is 17.9. The second-order valence-corrected chi connectivity index (χ2v) is 8.67. The Morgan fingerprint density at radius 3 is 2.28 bits per heavy atom. The van der Waals surface area contributed by atoms with Crippen molar-refractivity contribution in [3.63, 3.8) is 0 Å². The maximum absolute atomic E-state index is 12.7. The summed E-state index contributed by atoms with van der Waals surface area (Å²) in [5.41, 5.74) is 0.173. The minimum Gasteiger partial charge on any atom is -0.480 e. The van der Waals surface area contributed by atoms with Crippen LogP contribution >= 0.6 is 11.8 Å². The van der Waals surface area contributed by atoms with Gasteiger partial charge in [0.25, 0.3) is 0 Å². The molecule has 8 nitrogen and oxygen atoms in total. The van der Waals surface area contributed by atoms with Gasteiger partial charge in [0.1, 0.15) is 11.6 Å². The standard InChI is InChI=1S/C20H28N2O6S/c1-13(23)29-12-15(10-14-8-6-5-7-9-14)17(24)22-16(18(25)26)11-21-19(27)28-20(2,3)4/h5-9,15-16H,10-12H2,1-4H3,(H,21,27)(H,22,24)(H,25,26). The molecule has 0 aliphatic heterocycles. The lowest BCUT2D eigenvalue weighted by atomic mass is 10.00. The fourth-order valence-electron chi connectivity index (χ4n) is 2.33. The molecular weight excluding hydrogens is 396 g/mol. The van der Waals surface area contributed by atoms with E-state index in [1.165, 1.54) is 6.92 Å². The third-order valence-corrected chi connectivity index (χ3v) is 4.62. The van der Waals surface area contributed by atoms with Gasteiger partial charge in [0.15, 0.2) is 5.12 Å². The van der Waals surface area contributed by atoms with E-state index in [4.69, 9.17) is 4.74 Å². The molecule has 0 bridgehead atoms. The van der Waals surface area contributed by atoms with Crippen LogP contribution in [0.15, 0.2) is 30.3 Å². The first-order chi connectivity index (χ1) is 13.5. The van der Waals surface area contributed by atoms with E-state index in [9.17, 15) is 24.3 Å². The molecule has 2 unspecified atom stereocenters. The van der Waals surface area contributed by atoms with E-state index in [0.717, 1.165) is 17.3 Å². The number of benzene rings is 1. The summed E-state index contributed by atoms with van der Waals surface area (Å²) >= 11 is 1.01. The molecule has 0 saturated carbocycles. The number of hydrogen-bond donors (Lipinski definition) is 3. The van der Waals surface area contributed by atoms with Crippen molar-refractivity contribution in [2.24, 2.45) is 5.92 Å². The smallest absolute Gasteiger partial charge is 0.407 e. The Balaban J connectivity index is 2.77. The zero-order chi connectivity index (χ0) is 22.0. The van der Waals surface area contributed by atoms with Gasteiger partial charge in [0, 0.05) is 12.7 Å². The molecule has 1 rings (SSSR count). The Labute approximate surface area is 174 Å². The maximum atomic E-state index is 12.7. The van der Waals surface area contributed by atoms with E-state index in [1.807, 2.05) is 30.3 Å². The van der Waals surface area contributed by atoms with E-state index in [0.29, 0.717) is 6.42 Å². The van der Waals surface area contributed by atoms with Gasteiger partial charge >= 0.3 is 12.1 Å². The summed E-state index contributed by atoms with van der Waals surface area (Å²) in [5, 5.41) is 14.1. The average molecular weight is 425 g/mol. The summed E-state index contributed by atoms with van der Waals surface area (Å²) < 4.78 is 5.07. The van der Waals surface area contributed by atoms with Crippen LogP contribution in [-0.4, -0.2) is 52.1 Å². The van der Waals surface area contributed by atoms with Crippen LogP contribution in [0.3, 0.4) is 0 Å². The molecule has 3 N–H and O–H groups in total. The van der Waals surface area contributed by atoms with Crippen LogP contribution in [0.25, 0.3) is 0 Å². The largest absolute Gasteiger partial charge is 0.480 e. The van der Waals surface area contributed by atoms with Crippen molar-refractivity contribution in [2.75, 3.05) is 12.3 Å². The first kappa shape index (κ1) is 24.5. The molecule has 0 fully saturated rings. The minimum atomic E-state index is -1.32. The molecule has 0 spiro atoms. The van der Waals surface area contributed by atoms with E-state index in [1.54, 1.807) is 20.8 Å². The van der Waals surface area contributed by atoms with Crippen molar-refractivity contribution >= 4 is 34.8 Å². The molecular formula is C20H28N2O6S. The number of amides is 2. The Morgan fingerprint density at radius 1 is 1.14 bits per heavy atom. The summed E-state index contributed by atoms with van der Waals surface area (Å²) in [7, 11) is 0. The predicted molar refractivity (Wildman–Crippen MR) is 111 cm³/mol. The van der Waals surface area contributed by atoms with Gasteiger partial charge in [-0.25, -0.2) is 9.59 Å². The number of carbonyl (C=O) groups excluding carboxylic acids is 3. The Morgan fingerprint density at radius 2 is 1.76 bits per heavy atom. The molecule has 1 aromatic carbocycles. The highest BCUT2D eigenvalue weighted by Gasteiger charge is 2.27. The highest BCUT2D eigenvalue weighted by atomic mass is 32.2. The fourth-order valence-corrected chi connectivity index (χ4v) is 3.04. The highest BCUT2D eigenvalue weighted by Crippen LogP contribution is 2.16. The Hall–Kier alpha value is -2.55. The van der Waals surface area contributed by atoms with E-state index < -0.39 is 35.5 Å². The molecule has 2 amide bonds. The number of ether oxygens (including phenoxy) is 1. The van der Waals surface area contributed by atoms with Crippen LogP contribution in [0, 0.1) is 5.92 Å². The number of carboxylic acid groups (broad SMARTS) is 1. The van der Waals surface area contributed by atoms with E-state index in [2.05, 4.69) is 10.6 Å². The number of alkyl carbamates (subject to hydrolysis) is 1. The van der Waals surface area contributed by atoms with Gasteiger partial charge in [-0.15, -0.1) is 0 Å². The molecule has 0 radical (unpaired) electrons. The quantitative estimate of drug-likeness (QED) is 0.556. The number of aliphatic carboxylic acids is 1. The zero-order valence-electron chi connectivity index (χ0n) is 17.1. The second kappa shape index (κ2) is 11.5. The van der Waals surface area contributed by atoms with E-state index in [-0.39, 0.29) is 17.4 Å². The normalized spacial score (nSPS) is 13.1. The van der Waals surface area contributed by atoms with Gasteiger partial charge in [-0.1, -0.05) is 42.1 Å². The number of rotatable bonds is 9. The SMILES string of the molecule is CC(=O)SCC(Cc1ccccc1)C(=O)NC(CNC(=O)OC(C)(C)C)C(=O)O. The predicted octanol–water partition coefficient (Wildman–Crippen LogP) is 2.22. The van der Waals surface area contributed by atoms with Crippen LogP contribution in [0.4, 0.5) is 4.79 Å². The molecule has 2 atom stereocenters. The van der Waals surface area contributed by atoms with Crippen LogP contribution < -0.4 is 10.6 Å². The van der Waals surface area contributed by atoms with Gasteiger partial charge in [-0.2, -0.15) is 0 Å². The number of carboxylic acids is 1. The molecule has 1 aromatic rings. The number of hydrogen-bond acceptors (Lipinski definition) is 6. The molecule has 0 aliphatic carbocycles.